The molecule has 0 aliphatic rings. The van der Waals surface area contributed by atoms with E-state index in [4.69, 9.17) is 20.6 Å². The van der Waals surface area contributed by atoms with E-state index in [1.165, 1.54) is 0 Å². The van der Waals surface area contributed by atoms with Crippen molar-refractivity contribution in [3.8, 4) is 22.3 Å². The van der Waals surface area contributed by atoms with Crippen LogP contribution in [0.25, 0.3) is 22.3 Å². The molecule has 8 N–H and O–H groups in total. The zero-order valence-electron chi connectivity index (χ0n) is 20.5. The molecule has 0 saturated heterocycles. The first-order valence-electron chi connectivity index (χ1n) is 10.3. The molecule has 4 aromatic rings. The molecule has 0 bridgehead atoms. The van der Waals surface area contributed by atoms with Gasteiger partial charge in [-0.2, -0.15) is 16.8 Å². The number of para-hydroxylation sites is 2. The van der Waals surface area contributed by atoms with E-state index in [9.17, 15) is 16.8 Å². The molecule has 12 heteroatoms. The predicted octanol–water partition coefficient (Wildman–Crippen LogP) is 2.81. The van der Waals surface area contributed by atoms with Crippen LogP contribution in [0.15, 0.2) is 97.1 Å². The van der Waals surface area contributed by atoms with Crippen LogP contribution in [0.3, 0.4) is 0 Å². The van der Waals surface area contributed by atoms with Gasteiger partial charge in [0.15, 0.2) is 0 Å². The SMILES string of the molecule is CS(=O)(=O)[OH2+].CS(=O)(=O)[OH2+].Nc1ccccc1-c1[c-]cccc1.Nc1ccccc1-c1[c-]cccc1.[Pd].[Pd]. The fraction of sp³-hybridized carbons (Fsp3) is 0.0769. The van der Waals surface area contributed by atoms with Crippen molar-refractivity contribution in [3.63, 3.8) is 0 Å². The molecule has 212 valence electrons. The minimum atomic E-state index is -3.42. The van der Waals surface area contributed by atoms with Crippen LogP contribution < -0.4 is 11.5 Å². The summed E-state index contributed by atoms with van der Waals surface area (Å²) < 4.78 is 49.0. The Morgan fingerprint density at radius 2 is 0.816 bits per heavy atom. The predicted molar refractivity (Wildman–Crippen MR) is 147 cm³/mol. The fourth-order valence-electron chi connectivity index (χ4n) is 2.61. The molecule has 38 heavy (non-hydrogen) atoms. The molecule has 8 nitrogen and oxygen atoms in total. The summed E-state index contributed by atoms with van der Waals surface area (Å²) in [6, 6.07) is 37.6. The molecule has 0 radical (unpaired) electrons. The van der Waals surface area contributed by atoms with Crippen LogP contribution in [0.4, 0.5) is 11.4 Å². The van der Waals surface area contributed by atoms with Crippen LogP contribution in [0.1, 0.15) is 0 Å². The van der Waals surface area contributed by atoms with Gasteiger partial charge in [0.2, 0.25) is 0 Å². The molecule has 0 aliphatic heterocycles. The zero-order valence-corrected chi connectivity index (χ0v) is 25.2. The van der Waals surface area contributed by atoms with Gasteiger partial charge in [-0.15, -0.1) is 71.8 Å². The number of rotatable bonds is 2. The Balaban J connectivity index is 0. The summed E-state index contributed by atoms with van der Waals surface area (Å²) in [5.41, 5.74) is 17.4. The zero-order chi connectivity index (χ0) is 27.2. The minimum Gasteiger partial charge on any atom is -0.406 e. The minimum absolute atomic E-state index is 0. The molecule has 0 saturated carbocycles. The fourth-order valence-corrected chi connectivity index (χ4v) is 2.61. The Kier molecular flexibility index (Phi) is 18.7. The van der Waals surface area contributed by atoms with Crippen LogP contribution in [0.5, 0.6) is 0 Å². The van der Waals surface area contributed by atoms with Crippen molar-refractivity contribution >= 4 is 31.6 Å². The van der Waals surface area contributed by atoms with E-state index in [0.717, 1.165) is 46.1 Å². The van der Waals surface area contributed by atoms with E-state index in [0.29, 0.717) is 0 Å². The number of nitrogen functional groups attached to an aromatic ring is 2. The molecule has 0 atom stereocenters. The second-order valence-corrected chi connectivity index (χ2v) is 10.4. The van der Waals surface area contributed by atoms with Crippen molar-refractivity contribution in [3.05, 3.63) is 109 Å². The van der Waals surface area contributed by atoms with Crippen LogP contribution >= 0.6 is 0 Å². The van der Waals surface area contributed by atoms with Gasteiger partial charge in [-0.3, -0.25) is 0 Å². The van der Waals surface area contributed by atoms with Crippen molar-refractivity contribution in [1.29, 1.82) is 0 Å². The Labute approximate surface area is 252 Å². The normalized spacial score (nSPS) is 9.79. The third-order valence-corrected chi connectivity index (χ3v) is 3.92. The average molecular weight is 744 g/mol. The van der Waals surface area contributed by atoms with Crippen molar-refractivity contribution in [1.82, 2.24) is 0 Å². The molecule has 0 amide bonds. The van der Waals surface area contributed by atoms with Gasteiger partial charge in [0.1, 0.15) is 12.5 Å². The summed E-state index contributed by atoms with van der Waals surface area (Å²) in [5.74, 6) is 0. The van der Waals surface area contributed by atoms with E-state index in [2.05, 4.69) is 12.1 Å². The second-order valence-electron chi connectivity index (χ2n) is 7.27. The molecule has 0 aromatic heterocycles. The summed E-state index contributed by atoms with van der Waals surface area (Å²) in [5, 5.41) is 0. The van der Waals surface area contributed by atoms with Crippen LogP contribution in [0, 0.1) is 12.1 Å². The first kappa shape index (κ1) is 37.8. The summed E-state index contributed by atoms with van der Waals surface area (Å²) in [4.78, 5) is 0. The maximum Gasteiger partial charge on any atom is 0.375 e. The third-order valence-electron chi connectivity index (χ3n) is 3.92. The van der Waals surface area contributed by atoms with Gasteiger partial charge < -0.3 is 20.6 Å². The second kappa shape index (κ2) is 18.8. The molecule has 0 heterocycles. The maximum absolute atomic E-state index is 9.30. The standard InChI is InChI=1S/2C12H10N.2CH4O3S.2Pd/c2*13-12-9-5-4-8-11(12)10-6-2-1-3-7-10;2*1-5(2,3)4;;/h2*1-6,8-9H,13H2;2*1H3,(H,2,3,4);;/q2*-1;;;;/p+2. The number of benzene rings is 4. The van der Waals surface area contributed by atoms with Gasteiger partial charge in [-0.1, -0.05) is 47.5 Å². The Hall–Kier alpha value is -2.38. The summed E-state index contributed by atoms with van der Waals surface area (Å²) in [7, 11) is -6.83. The van der Waals surface area contributed by atoms with Crippen molar-refractivity contribution in [2.45, 2.75) is 0 Å². The van der Waals surface area contributed by atoms with Gasteiger partial charge in [0.05, 0.1) is 0 Å². The molecule has 0 aliphatic carbocycles. The van der Waals surface area contributed by atoms with Gasteiger partial charge >= 0.3 is 20.2 Å². The van der Waals surface area contributed by atoms with E-state index >= 15 is 0 Å². The quantitative estimate of drug-likeness (QED) is 0.139. The number of anilines is 2. The topological polar surface area (TPSA) is 166 Å². The van der Waals surface area contributed by atoms with Crippen LogP contribution in [0.2, 0.25) is 0 Å². The number of hydrogen-bond acceptors (Lipinski definition) is 6. The van der Waals surface area contributed by atoms with E-state index in [1.807, 2.05) is 97.1 Å². The number of nitrogens with two attached hydrogens (primary N) is 2. The molecule has 4 aromatic carbocycles. The molecular formula is C26H30N2O6Pd2S2. The van der Waals surface area contributed by atoms with E-state index in [-0.39, 0.29) is 40.8 Å². The van der Waals surface area contributed by atoms with Gasteiger partial charge in [0.25, 0.3) is 0 Å². The Bertz CT molecular complexity index is 1300. The Morgan fingerprint density at radius 1 is 0.553 bits per heavy atom. The first-order valence-corrected chi connectivity index (χ1v) is 14.1. The van der Waals surface area contributed by atoms with Gasteiger partial charge in [-0.05, 0) is 23.5 Å². The van der Waals surface area contributed by atoms with E-state index in [1.54, 1.807) is 0 Å². The average Bonchev–Trinajstić information content (AvgIpc) is 2.79. The van der Waals surface area contributed by atoms with Gasteiger partial charge in [-0.25, -0.2) is 0 Å². The van der Waals surface area contributed by atoms with Crippen LogP contribution in [-0.2, 0) is 61.1 Å². The summed E-state index contributed by atoms with van der Waals surface area (Å²) >= 11 is 0. The molecule has 0 fully saturated rings. The monoisotopic (exact) mass is 742 g/mol. The van der Waals surface area contributed by atoms with Gasteiger partial charge in [0, 0.05) is 40.8 Å². The number of hydrogen-bond donors (Lipinski definition) is 2. The van der Waals surface area contributed by atoms with Crippen molar-refractivity contribution in [2.24, 2.45) is 0 Å². The van der Waals surface area contributed by atoms with Crippen LogP contribution in [-0.4, -0.2) is 38.5 Å². The largest absolute Gasteiger partial charge is 0.406 e. The molecule has 4 rings (SSSR count). The Morgan fingerprint density at radius 3 is 1.05 bits per heavy atom. The smallest absolute Gasteiger partial charge is 0.375 e. The van der Waals surface area contributed by atoms with Crippen molar-refractivity contribution in [2.75, 3.05) is 24.0 Å². The summed E-state index contributed by atoms with van der Waals surface area (Å²) in [6.45, 7) is 0. The van der Waals surface area contributed by atoms with E-state index < -0.39 is 20.2 Å². The summed E-state index contributed by atoms with van der Waals surface area (Å²) in [6.07, 6.45) is 1.65. The molecule has 0 unspecified atom stereocenters. The third kappa shape index (κ3) is 18.8. The molecular weight excluding hydrogens is 713 g/mol. The first-order chi connectivity index (χ1) is 16.8. The van der Waals surface area contributed by atoms with Crippen molar-refractivity contribution < 1.29 is 66.8 Å². The molecule has 0 spiro atoms. The maximum atomic E-state index is 9.30.